The molecule has 0 spiro atoms. The number of carbonyl (C=O) groups is 2. The third kappa shape index (κ3) is 5.28. The standard InChI is InChI=1S/C18H17BrFNO2/c1-21(12-13-2-6-15(19)7-3-13)18(23)11-10-17(22)14-4-8-16(20)9-5-14/h2-9H,10-12H2,1H3. The number of amides is 1. The van der Waals surface area contributed by atoms with Gasteiger partial charge in [-0.15, -0.1) is 0 Å². The fraction of sp³-hybridized carbons (Fsp3) is 0.222. The molecule has 5 heteroatoms. The van der Waals surface area contributed by atoms with E-state index in [2.05, 4.69) is 15.9 Å². The first-order valence-corrected chi connectivity index (χ1v) is 8.02. The molecule has 0 heterocycles. The van der Waals surface area contributed by atoms with E-state index >= 15 is 0 Å². The van der Waals surface area contributed by atoms with Gasteiger partial charge in [-0.1, -0.05) is 28.1 Å². The van der Waals surface area contributed by atoms with Gasteiger partial charge in [-0.05, 0) is 42.0 Å². The molecule has 2 aromatic carbocycles. The average Bonchev–Trinajstić information content (AvgIpc) is 2.55. The zero-order chi connectivity index (χ0) is 16.8. The Morgan fingerprint density at radius 1 is 1.00 bits per heavy atom. The Bertz CT molecular complexity index is 683. The van der Waals surface area contributed by atoms with Crippen molar-refractivity contribution in [2.45, 2.75) is 19.4 Å². The van der Waals surface area contributed by atoms with Crippen LogP contribution in [0.5, 0.6) is 0 Å². The van der Waals surface area contributed by atoms with Crippen LogP contribution in [0, 0.1) is 5.82 Å². The lowest BCUT2D eigenvalue weighted by Gasteiger charge is -2.17. The largest absolute Gasteiger partial charge is 0.341 e. The summed E-state index contributed by atoms with van der Waals surface area (Å²) in [5.74, 6) is -0.634. The predicted octanol–water partition coefficient (Wildman–Crippen LogP) is 4.21. The van der Waals surface area contributed by atoms with Crippen LogP contribution in [0.3, 0.4) is 0 Å². The Morgan fingerprint density at radius 3 is 2.22 bits per heavy atom. The van der Waals surface area contributed by atoms with Crippen molar-refractivity contribution in [3.63, 3.8) is 0 Å². The van der Waals surface area contributed by atoms with Crippen LogP contribution in [-0.4, -0.2) is 23.6 Å². The Labute approximate surface area is 143 Å². The number of halogens is 2. The average molecular weight is 378 g/mol. The molecule has 1 amide bonds. The van der Waals surface area contributed by atoms with Crippen molar-refractivity contribution in [2.75, 3.05) is 7.05 Å². The molecule has 0 aliphatic heterocycles. The SMILES string of the molecule is CN(Cc1ccc(Br)cc1)C(=O)CCC(=O)c1ccc(F)cc1. The maximum Gasteiger partial charge on any atom is 0.223 e. The number of rotatable bonds is 6. The first-order chi connectivity index (χ1) is 11.0. The second kappa shape index (κ2) is 8.02. The fourth-order valence-electron chi connectivity index (χ4n) is 2.14. The normalized spacial score (nSPS) is 10.4. The maximum absolute atomic E-state index is 12.8. The third-order valence-electron chi connectivity index (χ3n) is 3.49. The van der Waals surface area contributed by atoms with Gasteiger partial charge in [-0.2, -0.15) is 0 Å². The minimum absolute atomic E-state index is 0.0941. The van der Waals surface area contributed by atoms with Crippen LogP contribution in [0.15, 0.2) is 53.0 Å². The van der Waals surface area contributed by atoms with Gasteiger partial charge in [-0.3, -0.25) is 9.59 Å². The molecular weight excluding hydrogens is 361 g/mol. The van der Waals surface area contributed by atoms with Crippen molar-refractivity contribution in [3.05, 3.63) is 69.9 Å². The van der Waals surface area contributed by atoms with Gasteiger partial charge in [0.05, 0.1) is 0 Å². The van der Waals surface area contributed by atoms with Gasteiger partial charge in [0.1, 0.15) is 5.82 Å². The van der Waals surface area contributed by atoms with Crippen molar-refractivity contribution in [1.29, 1.82) is 0 Å². The lowest BCUT2D eigenvalue weighted by Crippen LogP contribution is -2.26. The van der Waals surface area contributed by atoms with E-state index in [-0.39, 0.29) is 30.3 Å². The number of Topliss-reactive ketones (excluding diaryl/α,β-unsaturated/α-hetero) is 1. The number of hydrogen-bond acceptors (Lipinski definition) is 2. The highest BCUT2D eigenvalue weighted by Gasteiger charge is 2.13. The summed E-state index contributed by atoms with van der Waals surface area (Å²) in [4.78, 5) is 25.7. The lowest BCUT2D eigenvalue weighted by molar-refractivity contribution is -0.130. The molecule has 0 bridgehead atoms. The molecule has 0 N–H and O–H groups in total. The Balaban J connectivity index is 1.84. The first-order valence-electron chi connectivity index (χ1n) is 7.23. The van der Waals surface area contributed by atoms with Crippen molar-refractivity contribution < 1.29 is 14.0 Å². The number of hydrogen-bond donors (Lipinski definition) is 0. The van der Waals surface area contributed by atoms with E-state index in [1.807, 2.05) is 24.3 Å². The topological polar surface area (TPSA) is 37.4 Å². The number of ketones is 1. The molecule has 2 rings (SSSR count). The molecule has 0 saturated carbocycles. The van der Waals surface area contributed by atoms with Crippen LogP contribution in [0.1, 0.15) is 28.8 Å². The van der Waals surface area contributed by atoms with Crippen LogP contribution < -0.4 is 0 Å². The lowest BCUT2D eigenvalue weighted by atomic mass is 10.1. The van der Waals surface area contributed by atoms with Gasteiger partial charge in [-0.25, -0.2) is 4.39 Å². The van der Waals surface area contributed by atoms with Gasteiger partial charge >= 0.3 is 0 Å². The monoisotopic (exact) mass is 377 g/mol. The Hall–Kier alpha value is -2.01. The van der Waals surface area contributed by atoms with Gasteiger partial charge in [0.25, 0.3) is 0 Å². The molecule has 3 nitrogen and oxygen atoms in total. The molecule has 0 aromatic heterocycles. The maximum atomic E-state index is 12.8. The molecule has 0 aliphatic carbocycles. The number of nitrogens with zero attached hydrogens (tertiary/aromatic N) is 1. The molecule has 0 aliphatic rings. The zero-order valence-electron chi connectivity index (χ0n) is 12.8. The molecule has 2 aromatic rings. The van der Waals surface area contributed by atoms with E-state index < -0.39 is 0 Å². The minimum Gasteiger partial charge on any atom is -0.341 e. The summed E-state index contributed by atoms with van der Waals surface area (Å²) < 4.78 is 13.8. The quantitative estimate of drug-likeness (QED) is 0.707. The second-order valence-corrected chi connectivity index (χ2v) is 6.22. The smallest absolute Gasteiger partial charge is 0.223 e. The summed E-state index contributed by atoms with van der Waals surface area (Å²) in [5, 5.41) is 0. The summed E-state index contributed by atoms with van der Waals surface area (Å²) in [7, 11) is 1.72. The van der Waals surface area contributed by atoms with E-state index in [0.717, 1.165) is 10.0 Å². The molecule has 0 radical (unpaired) electrons. The fourth-order valence-corrected chi connectivity index (χ4v) is 2.41. The van der Waals surface area contributed by atoms with Gasteiger partial charge < -0.3 is 4.90 Å². The van der Waals surface area contributed by atoms with E-state index in [0.29, 0.717) is 12.1 Å². The predicted molar refractivity (Wildman–Crippen MR) is 90.6 cm³/mol. The van der Waals surface area contributed by atoms with Crippen molar-refractivity contribution >= 4 is 27.6 Å². The van der Waals surface area contributed by atoms with E-state index in [1.54, 1.807) is 11.9 Å². The number of carbonyl (C=O) groups excluding carboxylic acids is 2. The summed E-state index contributed by atoms with van der Waals surface area (Å²) in [6, 6.07) is 13.1. The van der Waals surface area contributed by atoms with Gasteiger partial charge in [0.15, 0.2) is 5.78 Å². The Kier molecular flexibility index (Phi) is 6.04. The molecule has 0 unspecified atom stereocenters. The highest BCUT2D eigenvalue weighted by molar-refractivity contribution is 9.10. The van der Waals surface area contributed by atoms with Crippen molar-refractivity contribution in [3.8, 4) is 0 Å². The van der Waals surface area contributed by atoms with E-state index in [9.17, 15) is 14.0 Å². The minimum atomic E-state index is -0.383. The molecule has 0 fully saturated rings. The highest BCUT2D eigenvalue weighted by Crippen LogP contribution is 2.13. The molecule has 0 atom stereocenters. The summed E-state index contributed by atoms with van der Waals surface area (Å²) >= 11 is 3.37. The first kappa shape index (κ1) is 17.3. The zero-order valence-corrected chi connectivity index (χ0v) is 14.3. The highest BCUT2D eigenvalue weighted by atomic mass is 79.9. The summed E-state index contributed by atoms with van der Waals surface area (Å²) in [5.41, 5.74) is 1.45. The van der Waals surface area contributed by atoms with E-state index in [1.165, 1.54) is 24.3 Å². The summed E-state index contributed by atoms with van der Waals surface area (Å²) in [6.45, 7) is 0.497. The third-order valence-corrected chi connectivity index (χ3v) is 4.02. The molecule has 23 heavy (non-hydrogen) atoms. The van der Waals surface area contributed by atoms with Gasteiger partial charge in [0, 0.05) is 36.5 Å². The van der Waals surface area contributed by atoms with Crippen molar-refractivity contribution in [2.24, 2.45) is 0 Å². The van der Waals surface area contributed by atoms with Crippen LogP contribution in [0.4, 0.5) is 4.39 Å². The van der Waals surface area contributed by atoms with Crippen LogP contribution in [-0.2, 0) is 11.3 Å². The number of benzene rings is 2. The van der Waals surface area contributed by atoms with Crippen LogP contribution in [0.25, 0.3) is 0 Å². The summed E-state index contributed by atoms with van der Waals surface area (Å²) in [6.07, 6.45) is 0.262. The van der Waals surface area contributed by atoms with Crippen molar-refractivity contribution in [1.82, 2.24) is 4.90 Å². The van der Waals surface area contributed by atoms with Crippen LogP contribution in [0.2, 0.25) is 0 Å². The van der Waals surface area contributed by atoms with Gasteiger partial charge in [0.2, 0.25) is 5.91 Å². The molecular formula is C18H17BrFNO2. The van der Waals surface area contributed by atoms with E-state index in [4.69, 9.17) is 0 Å². The van der Waals surface area contributed by atoms with Crippen LogP contribution >= 0.6 is 15.9 Å². The second-order valence-electron chi connectivity index (χ2n) is 5.31. The Morgan fingerprint density at radius 2 is 1.61 bits per heavy atom. The molecule has 0 saturated heterocycles. The molecule has 120 valence electrons.